The maximum absolute atomic E-state index is 12.9. The number of nitrogens with one attached hydrogen (secondary N) is 1. The quantitative estimate of drug-likeness (QED) is 0.299. The van der Waals surface area contributed by atoms with Crippen LogP contribution in [0.4, 0.5) is 5.69 Å². The number of methoxy groups -OCH3 is 1. The Morgan fingerprint density at radius 1 is 0.971 bits per heavy atom. The zero-order chi connectivity index (χ0) is 24.8. The van der Waals surface area contributed by atoms with Gasteiger partial charge in [0.25, 0.3) is 0 Å². The minimum atomic E-state index is -3.76. The molecule has 0 saturated heterocycles. The van der Waals surface area contributed by atoms with E-state index < -0.39 is 10.0 Å². The van der Waals surface area contributed by atoms with Gasteiger partial charge in [-0.1, -0.05) is 11.6 Å². The highest BCUT2D eigenvalue weighted by Crippen LogP contribution is 2.28. The van der Waals surface area contributed by atoms with Gasteiger partial charge in [-0.2, -0.15) is 4.31 Å². The summed E-state index contributed by atoms with van der Waals surface area (Å²) >= 11 is 6.30. The van der Waals surface area contributed by atoms with E-state index in [0.717, 1.165) is 17.9 Å². The fourth-order valence-electron chi connectivity index (χ4n) is 2.95. The standard InChI is InChI=1S/C23H35ClN2O7S/c1-19-5-7-21(33-19)18-26(2)34(27,28)23-8-6-20(17-22(23)24)25-9-4-10-30-13-14-32-16-15-31-12-11-29-3/h5-8,17,25H,4,9-16,18H2,1-3H3. The average Bonchev–Trinajstić information content (AvgIpc) is 3.21. The van der Waals surface area contributed by atoms with Crippen molar-refractivity contribution in [1.82, 2.24) is 4.31 Å². The van der Waals surface area contributed by atoms with Crippen molar-refractivity contribution < 1.29 is 31.8 Å². The number of nitrogens with zero attached hydrogens (tertiary/aromatic N) is 1. The predicted octanol–water partition coefficient (Wildman–Crippen LogP) is 3.56. The molecule has 0 aliphatic rings. The zero-order valence-corrected chi connectivity index (χ0v) is 21.6. The Balaban J connectivity index is 1.65. The predicted molar refractivity (Wildman–Crippen MR) is 131 cm³/mol. The van der Waals surface area contributed by atoms with Gasteiger partial charge in [-0.05, 0) is 43.7 Å². The van der Waals surface area contributed by atoms with Crippen molar-refractivity contribution in [2.45, 2.75) is 24.8 Å². The van der Waals surface area contributed by atoms with Crippen LogP contribution in [0.5, 0.6) is 0 Å². The van der Waals surface area contributed by atoms with E-state index in [1.54, 1.807) is 31.4 Å². The van der Waals surface area contributed by atoms with E-state index in [2.05, 4.69) is 5.32 Å². The van der Waals surface area contributed by atoms with Crippen molar-refractivity contribution in [3.05, 3.63) is 46.9 Å². The highest BCUT2D eigenvalue weighted by molar-refractivity contribution is 7.89. The van der Waals surface area contributed by atoms with Crippen molar-refractivity contribution in [2.24, 2.45) is 0 Å². The highest BCUT2D eigenvalue weighted by atomic mass is 35.5. The van der Waals surface area contributed by atoms with Gasteiger partial charge in [0.1, 0.15) is 16.4 Å². The average molecular weight is 519 g/mol. The van der Waals surface area contributed by atoms with E-state index in [4.69, 9.17) is 35.0 Å². The van der Waals surface area contributed by atoms with Crippen molar-refractivity contribution in [2.75, 3.05) is 72.3 Å². The minimum absolute atomic E-state index is 0.0536. The lowest BCUT2D eigenvalue weighted by Gasteiger charge is -2.17. The van der Waals surface area contributed by atoms with Crippen molar-refractivity contribution >= 4 is 27.3 Å². The molecule has 1 aromatic heterocycles. The third kappa shape index (κ3) is 9.91. The van der Waals surface area contributed by atoms with Gasteiger partial charge in [0.15, 0.2) is 0 Å². The molecule has 2 aromatic rings. The fourth-order valence-corrected chi connectivity index (χ4v) is 4.60. The van der Waals surface area contributed by atoms with E-state index >= 15 is 0 Å². The third-order valence-corrected chi connectivity index (χ3v) is 7.05. The molecule has 0 amide bonds. The van der Waals surface area contributed by atoms with Gasteiger partial charge in [-0.3, -0.25) is 0 Å². The Kier molecular flexibility index (Phi) is 12.9. The lowest BCUT2D eigenvalue weighted by molar-refractivity contribution is 0.00367. The normalized spacial score (nSPS) is 11.9. The molecule has 2 rings (SSSR count). The summed E-state index contributed by atoms with van der Waals surface area (Å²) in [5.74, 6) is 1.30. The maximum atomic E-state index is 12.9. The Labute approximate surface area is 207 Å². The molecular weight excluding hydrogens is 484 g/mol. The number of hydrogen-bond donors (Lipinski definition) is 1. The smallest absolute Gasteiger partial charge is 0.244 e. The second-order valence-electron chi connectivity index (χ2n) is 7.53. The summed E-state index contributed by atoms with van der Waals surface area (Å²) < 4.78 is 53.6. The van der Waals surface area contributed by atoms with E-state index in [1.165, 1.54) is 17.4 Å². The SMILES string of the molecule is COCCOCCOCCOCCCNc1ccc(S(=O)(=O)N(C)Cc2ccc(C)o2)c(Cl)c1. The van der Waals surface area contributed by atoms with Crippen LogP contribution in [0, 0.1) is 6.92 Å². The van der Waals surface area contributed by atoms with Crippen LogP contribution < -0.4 is 5.32 Å². The van der Waals surface area contributed by atoms with E-state index in [0.29, 0.717) is 58.6 Å². The summed E-state index contributed by atoms with van der Waals surface area (Å²) in [5.41, 5.74) is 0.741. The lowest BCUT2D eigenvalue weighted by atomic mass is 10.3. The van der Waals surface area contributed by atoms with Crippen LogP contribution in [-0.4, -0.2) is 79.7 Å². The zero-order valence-electron chi connectivity index (χ0n) is 20.0. The maximum Gasteiger partial charge on any atom is 0.244 e. The van der Waals surface area contributed by atoms with E-state index in [9.17, 15) is 8.42 Å². The van der Waals surface area contributed by atoms with Gasteiger partial charge in [0, 0.05) is 33.0 Å². The Hall–Kier alpha value is -1.66. The first-order chi connectivity index (χ1) is 16.3. The molecule has 1 N–H and O–H groups in total. The first-order valence-corrected chi connectivity index (χ1v) is 12.9. The second-order valence-corrected chi connectivity index (χ2v) is 9.95. The molecule has 34 heavy (non-hydrogen) atoms. The molecule has 0 fully saturated rings. The summed E-state index contributed by atoms with van der Waals surface area (Å²) in [5, 5.41) is 3.38. The summed E-state index contributed by atoms with van der Waals surface area (Å²) in [4.78, 5) is 0.0536. The molecule has 0 saturated carbocycles. The van der Waals surface area contributed by atoms with Crippen LogP contribution in [0.25, 0.3) is 0 Å². The van der Waals surface area contributed by atoms with E-state index in [1.807, 2.05) is 6.92 Å². The van der Waals surface area contributed by atoms with Gasteiger partial charge in [0.05, 0.1) is 51.2 Å². The molecular formula is C23H35ClN2O7S. The van der Waals surface area contributed by atoms with Gasteiger partial charge >= 0.3 is 0 Å². The molecule has 1 heterocycles. The first-order valence-electron chi connectivity index (χ1n) is 11.1. The molecule has 0 aliphatic heterocycles. The number of anilines is 1. The largest absolute Gasteiger partial charge is 0.465 e. The van der Waals surface area contributed by atoms with Crippen molar-refractivity contribution in [3.8, 4) is 0 Å². The lowest BCUT2D eigenvalue weighted by Crippen LogP contribution is -2.26. The Bertz CT molecular complexity index is 953. The summed E-state index contributed by atoms with van der Waals surface area (Å²) in [6, 6.07) is 8.38. The number of furan rings is 1. The Morgan fingerprint density at radius 2 is 1.62 bits per heavy atom. The molecule has 1 aromatic carbocycles. The van der Waals surface area contributed by atoms with Crippen LogP contribution >= 0.6 is 11.6 Å². The van der Waals surface area contributed by atoms with Crippen LogP contribution in [0.1, 0.15) is 17.9 Å². The second kappa shape index (κ2) is 15.4. The topological polar surface area (TPSA) is 99.5 Å². The number of aryl methyl sites for hydroxylation is 1. The van der Waals surface area contributed by atoms with Gasteiger partial charge < -0.3 is 28.7 Å². The Morgan fingerprint density at radius 3 is 2.21 bits per heavy atom. The number of benzene rings is 1. The number of hydrogen-bond acceptors (Lipinski definition) is 8. The van der Waals surface area contributed by atoms with Crippen LogP contribution in [0.3, 0.4) is 0 Å². The molecule has 0 radical (unpaired) electrons. The molecule has 0 spiro atoms. The molecule has 0 aliphatic carbocycles. The first kappa shape index (κ1) is 28.6. The third-order valence-electron chi connectivity index (χ3n) is 4.77. The van der Waals surface area contributed by atoms with Gasteiger partial charge in [-0.15, -0.1) is 0 Å². The number of sulfonamides is 1. The molecule has 0 unspecified atom stereocenters. The van der Waals surface area contributed by atoms with Crippen LogP contribution in [0.2, 0.25) is 5.02 Å². The van der Waals surface area contributed by atoms with Crippen LogP contribution in [0.15, 0.2) is 39.6 Å². The van der Waals surface area contributed by atoms with Gasteiger partial charge in [-0.25, -0.2) is 8.42 Å². The molecule has 11 heteroatoms. The number of ether oxygens (including phenoxy) is 4. The highest BCUT2D eigenvalue weighted by Gasteiger charge is 2.24. The molecule has 0 bridgehead atoms. The van der Waals surface area contributed by atoms with E-state index in [-0.39, 0.29) is 16.5 Å². The van der Waals surface area contributed by atoms with Crippen molar-refractivity contribution in [3.63, 3.8) is 0 Å². The summed E-state index contributed by atoms with van der Waals surface area (Å²) in [6.07, 6.45) is 0.781. The molecule has 9 nitrogen and oxygen atoms in total. The minimum Gasteiger partial charge on any atom is -0.465 e. The summed E-state index contributed by atoms with van der Waals surface area (Å²) in [6.45, 7) is 6.42. The van der Waals surface area contributed by atoms with Gasteiger partial charge in [0.2, 0.25) is 10.0 Å². The molecule has 192 valence electrons. The molecule has 0 atom stereocenters. The summed E-state index contributed by atoms with van der Waals surface area (Å²) in [7, 11) is -0.623. The monoisotopic (exact) mass is 518 g/mol. The fraction of sp³-hybridized carbons (Fsp3) is 0.565. The van der Waals surface area contributed by atoms with Crippen molar-refractivity contribution in [1.29, 1.82) is 0 Å². The number of rotatable bonds is 18. The number of halogens is 1. The van der Waals surface area contributed by atoms with Crippen LogP contribution in [-0.2, 0) is 35.5 Å².